The molecule has 0 spiro atoms. The zero-order valence-electron chi connectivity index (χ0n) is 13.1. The van der Waals surface area contributed by atoms with E-state index in [1.54, 1.807) is 30.3 Å². The average Bonchev–Trinajstić information content (AvgIpc) is 2.92. The van der Waals surface area contributed by atoms with Gasteiger partial charge in [-0.1, -0.05) is 29.8 Å². The molecule has 6 nitrogen and oxygen atoms in total. The Morgan fingerprint density at radius 1 is 1.08 bits per heavy atom. The zero-order valence-corrected chi connectivity index (χ0v) is 13.1. The van der Waals surface area contributed by atoms with Crippen molar-refractivity contribution in [2.24, 2.45) is 0 Å². The molecule has 0 radical (unpaired) electrons. The molecule has 24 heavy (non-hydrogen) atoms. The van der Waals surface area contributed by atoms with Gasteiger partial charge in [0.1, 0.15) is 0 Å². The molecule has 0 aliphatic rings. The van der Waals surface area contributed by atoms with Crippen molar-refractivity contribution in [3.63, 3.8) is 0 Å². The molecule has 0 bridgehead atoms. The van der Waals surface area contributed by atoms with Crippen molar-refractivity contribution >= 4 is 28.5 Å². The third-order valence-corrected chi connectivity index (χ3v) is 3.66. The summed E-state index contributed by atoms with van der Waals surface area (Å²) in [6.45, 7) is 1.95. The van der Waals surface area contributed by atoms with E-state index in [9.17, 15) is 14.4 Å². The first kappa shape index (κ1) is 15.7. The van der Waals surface area contributed by atoms with Gasteiger partial charge < -0.3 is 9.73 Å². The maximum absolute atomic E-state index is 12.1. The molecule has 1 aromatic heterocycles. The lowest BCUT2D eigenvalue weighted by atomic mass is 10.0. The molecule has 2 aromatic carbocycles. The van der Waals surface area contributed by atoms with Crippen LogP contribution in [0.2, 0.25) is 0 Å². The number of anilines is 1. The number of ketones is 1. The summed E-state index contributed by atoms with van der Waals surface area (Å²) in [6, 6.07) is 12.1. The Labute approximate surface area is 137 Å². The molecule has 2 N–H and O–H groups in total. The Hall–Kier alpha value is -3.15. The summed E-state index contributed by atoms with van der Waals surface area (Å²) in [5.41, 5.74) is 3.15. The maximum atomic E-state index is 12.1. The highest BCUT2D eigenvalue weighted by Crippen LogP contribution is 2.16. The lowest BCUT2D eigenvalue weighted by Gasteiger charge is -2.05. The topological polar surface area (TPSA) is 92.2 Å². The summed E-state index contributed by atoms with van der Waals surface area (Å²) in [6.07, 6.45) is 0.229. The minimum absolute atomic E-state index is 0.0697. The first-order valence-electron chi connectivity index (χ1n) is 7.54. The molecule has 122 valence electrons. The second-order valence-corrected chi connectivity index (χ2v) is 5.56. The van der Waals surface area contributed by atoms with Crippen LogP contribution in [0.3, 0.4) is 0 Å². The number of carbonyl (C=O) groups is 2. The summed E-state index contributed by atoms with van der Waals surface area (Å²) < 4.78 is 4.90. The highest BCUT2D eigenvalue weighted by Gasteiger charge is 2.10. The smallest absolute Gasteiger partial charge is 0.408 e. The number of fused-ring (bicyclic) bond motifs is 1. The first-order chi connectivity index (χ1) is 11.5. The number of carbonyl (C=O) groups excluding carboxylic acids is 2. The molecule has 3 aromatic rings. The maximum Gasteiger partial charge on any atom is 0.417 e. The number of amides is 1. The molecule has 6 heteroatoms. The van der Waals surface area contributed by atoms with Crippen molar-refractivity contribution in [3.05, 3.63) is 64.1 Å². The number of H-pyrrole nitrogens is 1. The van der Waals surface area contributed by atoms with Gasteiger partial charge in [-0.15, -0.1) is 0 Å². The van der Waals surface area contributed by atoms with Crippen LogP contribution in [-0.2, 0) is 4.79 Å². The van der Waals surface area contributed by atoms with Crippen LogP contribution in [0.15, 0.2) is 51.7 Å². The fourth-order valence-corrected chi connectivity index (χ4v) is 2.36. The van der Waals surface area contributed by atoms with Crippen LogP contribution in [-0.4, -0.2) is 16.7 Å². The first-order valence-corrected chi connectivity index (χ1v) is 7.54. The number of aromatic nitrogens is 1. The Morgan fingerprint density at radius 2 is 1.83 bits per heavy atom. The quantitative estimate of drug-likeness (QED) is 0.706. The van der Waals surface area contributed by atoms with Crippen LogP contribution >= 0.6 is 0 Å². The molecule has 0 unspecified atom stereocenters. The number of rotatable bonds is 5. The Kier molecular flexibility index (Phi) is 4.29. The van der Waals surface area contributed by atoms with E-state index < -0.39 is 5.76 Å². The van der Waals surface area contributed by atoms with E-state index >= 15 is 0 Å². The van der Waals surface area contributed by atoms with Crippen LogP contribution in [0.25, 0.3) is 11.1 Å². The summed E-state index contributed by atoms with van der Waals surface area (Å²) in [7, 11) is 0. The van der Waals surface area contributed by atoms with Crippen molar-refractivity contribution in [3.8, 4) is 0 Å². The van der Waals surface area contributed by atoms with Gasteiger partial charge >= 0.3 is 5.76 Å². The summed E-state index contributed by atoms with van der Waals surface area (Å²) in [4.78, 5) is 37.7. The molecule has 0 atom stereocenters. The van der Waals surface area contributed by atoms with Crippen molar-refractivity contribution in [1.29, 1.82) is 0 Å². The highest BCUT2D eigenvalue weighted by molar-refractivity contribution is 6.00. The van der Waals surface area contributed by atoms with E-state index in [4.69, 9.17) is 4.42 Å². The van der Waals surface area contributed by atoms with Crippen LogP contribution in [0.4, 0.5) is 5.69 Å². The van der Waals surface area contributed by atoms with Gasteiger partial charge in [-0.3, -0.25) is 14.6 Å². The van der Waals surface area contributed by atoms with E-state index in [1.165, 1.54) is 0 Å². The Morgan fingerprint density at radius 3 is 2.58 bits per heavy atom. The lowest BCUT2D eigenvalue weighted by Crippen LogP contribution is -2.13. The van der Waals surface area contributed by atoms with Gasteiger partial charge in [-0.2, -0.15) is 0 Å². The number of oxazole rings is 1. The normalized spacial score (nSPS) is 10.7. The molecule has 0 fully saturated rings. The van der Waals surface area contributed by atoms with Crippen LogP contribution in [0, 0.1) is 6.92 Å². The predicted octanol–water partition coefficient (Wildman–Crippen LogP) is 3.03. The fraction of sp³-hybridized carbons (Fsp3) is 0.167. The van der Waals surface area contributed by atoms with Gasteiger partial charge in [-0.25, -0.2) is 4.79 Å². The van der Waals surface area contributed by atoms with E-state index in [-0.39, 0.29) is 24.5 Å². The second-order valence-electron chi connectivity index (χ2n) is 5.56. The molecule has 3 rings (SSSR count). The van der Waals surface area contributed by atoms with Crippen molar-refractivity contribution < 1.29 is 14.0 Å². The van der Waals surface area contributed by atoms with E-state index in [0.29, 0.717) is 22.4 Å². The van der Waals surface area contributed by atoms with Gasteiger partial charge in [0.15, 0.2) is 11.4 Å². The average molecular weight is 324 g/mol. The van der Waals surface area contributed by atoms with Crippen LogP contribution in [0.5, 0.6) is 0 Å². The van der Waals surface area contributed by atoms with E-state index in [1.807, 2.05) is 19.1 Å². The van der Waals surface area contributed by atoms with E-state index in [0.717, 1.165) is 5.56 Å². The van der Waals surface area contributed by atoms with Gasteiger partial charge in [0, 0.05) is 24.1 Å². The van der Waals surface area contributed by atoms with Gasteiger partial charge in [0.05, 0.1) is 5.52 Å². The standard InChI is InChI=1S/C18H16N2O4/c1-11-2-4-12(5-3-11)15(21)7-9-17(22)19-13-6-8-16-14(10-13)20-18(23)24-16/h2-6,8,10H,7,9H2,1H3,(H,19,22)(H,20,23). The Balaban J connectivity index is 1.59. The van der Waals surface area contributed by atoms with Crippen molar-refractivity contribution in [2.75, 3.05) is 5.32 Å². The molecule has 1 amide bonds. The fourth-order valence-electron chi connectivity index (χ4n) is 2.36. The Bertz CT molecular complexity index is 951. The number of Topliss-reactive ketones (excluding diaryl/α,β-unsaturated/α-hetero) is 1. The number of benzene rings is 2. The SMILES string of the molecule is Cc1ccc(C(=O)CCC(=O)Nc2ccc3oc(=O)[nH]c3c2)cc1. The minimum atomic E-state index is -0.544. The summed E-state index contributed by atoms with van der Waals surface area (Å²) >= 11 is 0. The number of nitrogens with one attached hydrogen (secondary N) is 2. The second kappa shape index (κ2) is 6.54. The summed E-state index contributed by atoms with van der Waals surface area (Å²) in [5, 5.41) is 2.70. The van der Waals surface area contributed by atoms with Gasteiger partial charge in [-0.05, 0) is 25.1 Å². The molecule has 0 saturated heterocycles. The molecular formula is C18H16N2O4. The van der Waals surface area contributed by atoms with Crippen LogP contribution < -0.4 is 11.1 Å². The highest BCUT2D eigenvalue weighted by atomic mass is 16.4. The van der Waals surface area contributed by atoms with Crippen molar-refractivity contribution in [2.45, 2.75) is 19.8 Å². The number of aryl methyl sites for hydroxylation is 1. The molecular weight excluding hydrogens is 308 g/mol. The zero-order chi connectivity index (χ0) is 17.1. The minimum Gasteiger partial charge on any atom is -0.408 e. The third kappa shape index (κ3) is 3.60. The molecule has 0 aliphatic carbocycles. The number of hydrogen-bond donors (Lipinski definition) is 2. The number of hydrogen-bond acceptors (Lipinski definition) is 4. The third-order valence-electron chi connectivity index (χ3n) is 3.66. The molecule has 0 saturated carbocycles. The number of aromatic amines is 1. The molecule has 1 heterocycles. The predicted molar refractivity (Wildman–Crippen MR) is 90.2 cm³/mol. The largest absolute Gasteiger partial charge is 0.417 e. The monoisotopic (exact) mass is 324 g/mol. The van der Waals surface area contributed by atoms with Crippen molar-refractivity contribution in [1.82, 2.24) is 4.98 Å². The summed E-state index contributed by atoms with van der Waals surface area (Å²) in [5.74, 6) is -0.877. The molecule has 0 aliphatic heterocycles. The van der Waals surface area contributed by atoms with E-state index in [2.05, 4.69) is 10.3 Å². The van der Waals surface area contributed by atoms with Gasteiger partial charge in [0.2, 0.25) is 5.91 Å². The van der Waals surface area contributed by atoms with Gasteiger partial charge in [0.25, 0.3) is 0 Å². The lowest BCUT2D eigenvalue weighted by molar-refractivity contribution is -0.116. The van der Waals surface area contributed by atoms with Crippen LogP contribution in [0.1, 0.15) is 28.8 Å².